The third kappa shape index (κ3) is 3.36. The first-order chi connectivity index (χ1) is 13.5. The van der Waals surface area contributed by atoms with Crippen molar-refractivity contribution in [2.24, 2.45) is 7.05 Å². The molecule has 28 heavy (non-hydrogen) atoms. The van der Waals surface area contributed by atoms with Crippen molar-refractivity contribution in [3.05, 3.63) is 101 Å². The molecule has 4 aromatic rings. The normalized spacial score (nSPS) is 12.1. The number of carbonyl (C=O) groups excluding carboxylic acids is 1. The van der Waals surface area contributed by atoms with Gasteiger partial charge in [0, 0.05) is 18.7 Å². The Morgan fingerprint density at radius 3 is 2.29 bits per heavy atom. The molecule has 0 aliphatic carbocycles. The number of nitrogens with zero attached hydrogens (tertiary/aromatic N) is 2. The lowest BCUT2D eigenvalue weighted by Crippen LogP contribution is -2.31. The molecule has 0 spiro atoms. The number of carbonyl (C=O) groups is 1. The number of para-hydroxylation sites is 2. The van der Waals surface area contributed by atoms with Crippen molar-refractivity contribution in [2.75, 3.05) is 0 Å². The van der Waals surface area contributed by atoms with Crippen LogP contribution in [-0.4, -0.2) is 15.5 Å². The van der Waals surface area contributed by atoms with Crippen molar-refractivity contribution in [1.29, 1.82) is 0 Å². The highest BCUT2D eigenvalue weighted by Crippen LogP contribution is 2.25. The fourth-order valence-electron chi connectivity index (χ4n) is 3.26. The lowest BCUT2D eigenvalue weighted by atomic mass is 10.1. The molecule has 3 aromatic carbocycles. The van der Waals surface area contributed by atoms with Gasteiger partial charge in [0.1, 0.15) is 23.5 Å². The van der Waals surface area contributed by atoms with Crippen molar-refractivity contribution < 1.29 is 13.6 Å². The Kier molecular flexibility index (Phi) is 4.61. The molecule has 6 heteroatoms. The van der Waals surface area contributed by atoms with E-state index in [1.807, 2.05) is 66.2 Å². The molecule has 0 aliphatic rings. The van der Waals surface area contributed by atoms with Crippen LogP contribution >= 0.6 is 0 Å². The lowest BCUT2D eigenvalue weighted by Gasteiger charge is -2.19. The number of imidazole rings is 1. The highest BCUT2D eigenvalue weighted by atomic mass is 19.1. The van der Waals surface area contributed by atoms with Crippen LogP contribution in [0, 0.1) is 11.6 Å². The Hall–Kier alpha value is -3.54. The summed E-state index contributed by atoms with van der Waals surface area (Å²) in [4.78, 5) is 17.4. The maximum atomic E-state index is 13.5. The van der Waals surface area contributed by atoms with E-state index in [4.69, 9.17) is 0 Å². The molecule has 4 rings (SSSR count). The second kappa shape index (κ2) is 7.23. The van der Waals surface area contributed by atoms with Crippen molar-refractivity contribution in [3.63, 3.8) is 0 Å². The number of rotatable bonds is 4. The number of hydrogen-bond acceptors (Lipinski definition) is 2. The van der Waals surface area contributed by atoms with E-state index in [-0.39, 0.29) is 5.56 Å². The van der Waals surface area contributed by atoms with E-state index in [0.717, 1.165) is 34.8 Å². The molecular formula is C22H17F2N3O. The quantitative estimate of drug-likeness (QED) is 0.574. The molecule has 1 aromatic heterocycles. The van der Waals surface area contributed by atoms with Gasteiger partial charge in [-0.1, -0.05) is 42.5 Å². The second-order valence-corrected chi connectivity index (χ2v) is 6.49. The molecule has 140 valence electrons. The van der Waals surface area contributed by atoms with Crippen molar-refractivity contribution >= 4 is 16.9 Å². The van der Waals surface area contributed by atoms with E-state index in [1.54, 1.807) is 0 Å². The number of fused-ring (bicyclic) bond motifs is 1. The molecule has 1 amide bonds. The molecule has 0 radical (unpaired) electrons. The molecule has 0 fully saturated rings. The van der Waals surface area contributed by atoms with Crippen LogP contribution in [0.1, 0.15) is 27.8 Å². The standard InChI is InChI=1S/C22H17F2N3O/c1-27-19-10-6-5-9-18(19)25-21(27)20(14-7-3-2-4-8-14)26-22(28)15-11-16(23)13-17(24)12-15/h2-13,20H,1H3,(H,26,28)/t20-/m1/s1. The third-order valence-electron chi connectivity index (χ3n) is 4.61. The van der Waals surface area contributed by atoms with Crippen molar-refractivity contribution in [1.82, 2.24) is 14.9 Å². The van der Waals surface area contributed by atoms with E-state index in [2.05, 4.69) is 10.3 Å². The molecule has 1 atom stereocenters. The topological polar surface area (TPSA) is 46.9 Å². The van der Waals surface area contributed by atoms with Gasteiger partial charge in [0.25, 0.3) is 5.91 Å². The Balaban J connectivity index is 1.78. The fourth-order valence-corrected chi connectivity index (χ4v) is 3.26. The highest BCUT2D eigenvalue weighted by molar-refractivity contribution is 5.94. The number of hydrogen-bond donors (Lipinski definition) is 1. The number of nitrogens with one attached hydrogen (secondary N) is 1. The maximum Gasteiger partial charge on any atom is 0.252 e. The predicted molar refractivity (Wildman–Crippen MR) is 103 cm³/mol. The molecule has 1 heterocycles. The molecule has 0 saturated heterocycles. The van der Waals surface area contributed by atoms with Crippen LogP contribution < -0.4 is 5.32 Å². The number of aromatic nitrogens is 2. The van der Waals surface area contributed by atoms with E-state index >= 15 is 0 Å². The minimum atomic E-state index is -0.802. The fraction of sp³-hybridized carbons (Fsp3) is 0.0909. The summed E-state index contributed by atoms with van der Waals surface area (Å²) in [5.74, 6) is -1.56. The third-order valence-corrected chi connectivity index (χ3v) is 4.61. The summed E-state index contributed by atoms with van der Waals surface area (Å²) in [6.07, 6.45) is 0. The summed E-state index contributed by atoms with van der Waals surface area (Å²) in [6.45, 7) is 0. The monoisotopic (exact) mass is 377 g/mol. The van der Waals surface area contributed by atoms with Gasteiger partial charge in [-0.25, -0.2) is 13.8 Å². The van der Waals surface area contributed by atoms with Crippen LogP contribution in [0.5, 0.6) is 0 Å². The SMILES string of the molecule is Cn1c([C@H](NC(=O)c2cc(F)cc(F)c2)c2ccccc2)nc2ccccc21. The lowest BCUT2D eigenvalue weighted by molar-refractivity contribution is 0.0940. The summed E-state index contributed by atoms with van der Waals surface area (Å²) < 4.78 is 29.0. The van der Waals surface area contributed by atoms with Crippen LogP contribution in [0.25, 0.3) is 11.0 Å². The van der Waals surface area contributed by atoms with Gasteiger partial charge in [0.2, 0.25) is 0 Å². The zero-order valence-corrected chi connectivity index (χ0v) is 15.1. The number of aryl methyl sites for hydroxylation is 1. The largest absolute Gasteiger partial charge is 0.338 e. The first-order valence-electron chi connectivity index (χ1n) is 8.76. The summed E-state index contributed by atoms with van der Waals surface area (Å²) in [5.41, 5.74) is 2.44. The van der Waals surface area contributed by atoms with Gasteiger partial charge in [-0.15, -0.1) is 0 Å². The minimum Gasteiger partial charge on any atom is -0.338 e. The minimum absolute atomic E-state index is 0.0859. The van der Waals surface area contributed by atoms with Gasteiger partial charge < -0.3 is 9.88 Å². The Bertz CT molecular complexity index is 1130. The molecular weight excluding hydrogens is 360 g/mol. The van der Waals surface area contributed by atoms with Crippen LogP contribution in [-0.2, 0) is 7.05 Å². The van der Waals surface area contributed by atoms with Crippen LogP contribution in [0.4, 0.5) is 8.78 Å². The Morgan fingerprint density at radius 1 is 0.964 bits per heavy atom. The van der Waals surface area contributed by atoms with E-state index in [9.17, 15) is 13.6 Å². The van der Waals surface area contributed by atoms with Gasteiger partial charge in [-0.05, 0) is 29.8 Å². The molecule has 0 unspecified atom stereocenters. The number of amides is 1. The van der Waals surface area contributed by atoms with Crippen LogP contribution in [0.15, 0.2) is 72.8 Å². The molecule has 0 bridgehead atoms. The zero-order chi connectivity index (χ0) is 19.7. The summed E-state index contributed by atoms with van der Waals surface area (Å²) in [7, 11) is 1.87. The van der Waals surface area contributed by atoms with Gasteiger partial charge >= 0.3 is 0 Å². The molecule has 0 saturated carbocycles. The van der Waals surface area contributed by atoms with Crippen LogP contribution in [0.3, 0.4) is 0 Å². The predicted octanol–water partition coefficient (Wildman–Crippen LogP) is 4.37. The highest BCUT2D eigenvalue weighted by Gasteiger charge is 2.23. The van der Waals surface area contributed by atoms with Crippen molar-refractivity contribution in [3.8, 4) is 0 Å². The summed E-state index contributed by atoms with van der Waals surface area (Å²) in [6, 6.07) is 19.1. The van der Waals surface area contributed by atoms with Gasteiger partial charge in [-0.3, -0.25) is 4.79 Å². The van der Waals surface area contributed by atoms with Gasteiger partial charge in [-0.2, -0.15) is 0 Å². The summed E-state index contributed by atoms with van der Waals surface area (Å²) >= 11 is 0. The number of benzene rings is 3. The van der Waals surface area contributed by atoms with E-state index in [1.165, 1.54) is 0 Å². The average molecular weight is 377 g/mol. The van der Waals surface area contributed by atoms with Crippen molar-refractivity contribution in [2.45, 2.75) is 6.04 Å². The first-order valence-corrected chi connectivity index (χ1v) is 8.76. The van der Waals surface area contributed by atoms with E-state index < -0.39 is 23.6 Å². The maximum absolute atomic E-state index is 13.5. The summed E-state index contributed by atoms with van der Waals surface area (Å²) in [5, 5.41) is 2.87. The van der Waals surface area contributed by atoms with Gasteiger partial charge in [0.05, 0.1) is 11.0 Å². The average Bonchev–Trinajstić information content (AvgIpc) is 3.02. The Labute approximate surface area is 160 Å². The van der Waals surface area contributed by atoms with Gasteiger partial charge in [0.15, 0.2) is 0 Å². The number of halogens is 2. The first kappa shape index (κ1) is 17.9. The molecule has 0 aliphatic heterocycles. The Morgan fingerprint density at radius 2 is 1.61 bits per heavy atom. The zero-order valence-electron chi connectivity index (χ0n) is 15.1. The smallest absolute Gasteiger partial charge is 0.252 e. The molecule has 4 nitrogen and oxygen atoms in total. The second-order valence-electron chi connectivity index (χ2n) is 6.49. The van der Waals surface area contributed by atoms with E-state index in [0.29, 0.717) is 5.82 Å². The molecule has 1 N–H and O–H groups in total. The van der Waals surface area contributed by atoms with Crippen LogP contribution in [0.2, 0.25) is 0 Å².